The maximum atomic E-state index is 13.8. The summed E-state index contributed by atoms with van der Waals surface area (Å²) >= 11 is 1.52. The molecule has 2 aromatic carbocycles. The number of benzene rings is 2. The molecular formula is C28H29NO4S. The average Bonchev–Trinajstić information content (AvgIpc) is 3.18. The molecule has 0 saturated carbocycles. The number of hydrogen-bond donors (Lipinski definition) is 1. The molecule has 1 N–H and O–H groups in total. The lowest BCUT2D eigenvalue weighted by Crippen LogP contribution is -2.27. The molecular weight excluding hydrogens is 446 g/mol. The van der Waals surface area contributed by atoms with E-state index in [0.29, 0.717) is 28.0 Å². The van der Waals surface area contributed by atoms with Crippen LogP contribution >= 0.6 is 11.3 Å². The first-order valence-corrected chi connectivity index (χ1v) is 12.5. The van der Waals surface area contributed by atoms with E-state index in [9.17, 15) is 9.59 Å². The highest BCUT2D eigenvalue weighted by Gasteiger charge is 2.37. The number of carbonyl (C=O) groups is 2. The molecule has 1 aromatic heterocycles. The standard InChI is InChI=1S/C28H29NO4S/c1-28(2,3)16-13-14-19-22(15-16)34-26(24(19)27(31)32-4)29-25(30)23-17-9-5-7-11-20(17)33-21-12-8-6-10-18(21)23/h5-12,16,23H,13-15H2,1-4H3,(H,29,30)/t16-/m1/s1. The van der Waals surface area contributed by atoms with E-state index >= 15 is 0 Å². The molecule has 176 valence electrons. The molecule has 0 radical (unpaired) electrons. The van der Waals surface area contributed by atoms with Crippen molar-refractivity contribution in [2.45, 2.75) is 46.0 Å². The maximum Gasteiger partial charge on any atom is 0.341 e. The van der Waals surface area contributed by atoms with Gasteiger partial charge in [-0.15, -0.1) is 11.3 Å². The van der Waals surface area contributed by atoms with Gasteiger partial charge in [0.15, 0.2) is 0 Å². The number of ether oxygens (including phenoxy) is 2. The number of para-hydroxylation sites is 2. The number of anilines is 1. The van der Waals surface area contributed by atoms with E-state index in [0.717, 1.165) is 36.0 Å². The fourth-order valence-electron chi connectivity index (χ4n) is 5.11. The van der Waals surface area contributed by atoms with Gasteiger partial charge in [0.05, 0.1) is 18.6 Å². The zero-order chi connectivity index (χ0) is 24.0. The lowest BCUT2D eigenvalue weighted by atomic mass is 9.72. The molecule has 0 bridgehead atoms. The molecule has 0 spiro atoms. The summed E-state index contributed by atoms with van der Waals surface area (Å²) in [5, 5.41) is 3.69. The van der Waals surface area contributed by atoms with E-state index in [2.05, 4.69) is 26.1 Å². The second-order valence-electron chi connectivity index (χ2n) is 10.1. The quantitative estimate of drug-likeness (QED) is 0.436. The van der Waals surface area contributed by atoms with Gasteiger partial charge in [-0.3, -0.25) is 4.79 Å². The molecule has 0 saturated heterocycles. The van der Waals surface area contributed by atoms with Gasteiger partial charge in [-0.2, -0.15) is 0 Å². The van der Waals surface area contributed by atoms with Gasteiger partial charge in [0.25, 0.3) is 0 Å². The SMILES string of the molecule is COC(=O)c1c(NC(=O)C2c3ccccc3Oc3ccccc32)sc2c1CC[C@@H](C(C)(C)C)C2. The number of nitrogens with one attached hydrogen (secondary N) is 1. The van der Waals surface area contributed by atoms with Crippen molar-refractivity contribution in [3.63, 3.8) is 0 Å². The number of fused-ring (bicyclic) bond motifs is 3. The molecule has 6 heteroatoms. The van der Waals surface area contributed by atoms with Crippen LogP contribution < -0.4 is 10.1 Å². The minimum atomic E-state index is -0.534. The van der Waals surface area contributed by atoms with Crippen LogP contribution in [-0.4, -0.2) is 19.0 Å². The van der Waals surface area contributed by atoms with Gasteiger partial charge in [-0.25, -0.2) is 4.79 Å². The second-order valence-corrected chi connectivity index (χ2v) is 11.2. The highest BCUT2D eigenvalue weighted by molar-refractivity contribution is 7.17. The van der Waals surface area contributed by atoms with E-state index in [1.807, 2.05) is 48.5 Å². The smallest absolute Gasteiger partial charge is 0.341 e. The topological polar surface area (TPSA) is 64.6 Å². The lowest BCUT2D eigenvalue weighted by Gasteiger charge is -2.33. The molecule has 0 fully saturated rings. The van der Waals surface area contributed by atoms with Gasteiger partial charge in [0, 0.05) is 16.0 Å². The molecule has 1 atom stereocenters. The van der Waals surface area contributed by atoms with Crippen LogP contribution in [-0.2, 0) is 22.4 Å². The van der Waals surface area contributed by atoms with Crippen molar-refractivity contribution in [3.05, 3.63) is 75.7 Å². The minimum absolute atomic E-state index is 0.181. The number of carbonyl (C=O) groups excluding carboxylic acids is 2. The average molecular weight is 476 g/mol. The van der Waals surface area contributed by atoms with Gasteiger partial charge >= 0.3 is 5.97 Å². The molecule has 1 aliphatic heterocycles. The van der Waals surface area contributed by atoms with Crippen LogP contribution in [0.2, 0.25) is 0 Å². The van der Waals surface area contributed by atoms with Crippen LogP contribution in [0.5, 0.6) is 11.5 Å². The van der Waals surface area contributed by atoms with Crippen molar-refractivity contribution in [2.75, 3.05) is 12.4 Å². The van der Waals surface area contributed by atoms with Gasteiger partial charge in [0.2, 0.25) is 5.91 Å². The summed E-state index contributed by atoms with van der Waals surface area (Å²) in [5.74, 6) is 0.769. The summed E-state index contributed by atoms with van der Waals surface area (Å²) in [6, 6.07) is 15.2. The minimum Gasteiger partial charge on any atom is -0.465 e. The van der Waals surface area contributed by atoms with Crippen molar-refractivity contribution in [3.8, 4) is 11.5 Å². The Hall–Kier alpha value is -3.12. The lowest BCUT2D eigenvalue weighted by molar-refractivity contribution is -0.116. The molecule has 2 heterocycles. The van der Waals surface area contributed by atoms with E-state index < -0.39 is 11.9 Å². The van der Waals surface area contributed by atoms with Gasteiger partial charge < -0.3 is 14.8 Å². The van der Waals surface area contributed by atoms with Gasteiger partial charge in [-0.05, 0) is 48.3 Å². The monoisotopic (exact) mass is 475 g/mol. The summed E-state index contributed by atoms with van der Waals surface area (Å²) in [4.78, 5) is 27.8. The van der Waals surface area contributed by atoms with Crippen molar-refractivity contribution in [1.29, 1.82) is 0 Å². The fraction of sp³-hybridized carbons (Fsp3) is 0.357. The number of thiophene rings is 1. The molecule has 3 aromatic rings. The zero-order valence-electron chi connectivity index (χ0n) is 19.9. The Morgan fingerprint density at radius 3 is 2.24 bits per heavy atom. The fourth-order valence-corrected chi connectivity index (χ4v) is 6.43. The second kappa shape index (κ2) is 8.58. The summed E-state index contributed by atoms with van der Waals surface area (Å²) in [7, 11) is 1.39. The number of esters is 1. The van der Waals surface area contributed by atoms with E-state index in [1.165, 1.54) is 23.3 Å². The molecule has 1 aliphatic carbocycles. The van der Waals surface area contributed by atoms with Crippen molar-refractivity contribution < 1.29 is 19.1 Å². The Balaban J connectivity index is 1.53. The van der Waals surface area contributed by atoms with Gasteiger partial charge in [0.1, 0.15) is 16.5 Å². The van der Waals surface area contributed by atoms with E-state index in [-0.39, 0.29) is 11.3 Å². The van der Waals surface area contributed by atoms with Crippen LogP contribution in [0.15, 0.2) is 48.5 Å². The first-order chi connectivity index (χ1) is 16.3. The third-order valence-electron chi connectivity index (χ3n) is 7.06. The van der Waals surface area contributed by atoms with E-state index in [4.69, 9.17) is 9.47 Å². The normalized spacial score (nSPS) is 17.1. The van der Waals surface area contributed by atoms with Crippen molar-refractivity contribution >= 4 is 28.2 Å². The molecule has 1 amide bonds. The maximum absolute atomic E-state index is 13.8. The highest BCUT2D eigenvalue weighted by atomic mass is 32.1. The predicted octanol–water partition coefficient (Wildman–Crippen LogP) is 6.56. The highest BCUT2D eigenvalue weighted by Crippen LogP contribution is 2.47. The Bertz CT molecular complexity index is 1220. The summed E-state index contributed by atoms with van der Waals surface area (Å²) in [6.45, 7) is 6.79. The summed E-state index contributed by atoms with van der Waals surface area (Å²) in [5.41, 5.74) is 3.35. The number of rotatable bonds is 3. The molecule has 2 aliphatic rings. The van der Waals surface area contributed by atoms with Crippen LogP contribution in [0.3, 0.4) is 0 Å². The Labute approximate surface area is 204 Å². The Kier molecular flexibility index (Phi) is 5.72. The molecule has 34 heavy (non-hydrogen) atoms. The zero-order valence-corrected chi connectivity index (χ0v) is 20.8. The number of methoxy groups -OCH3 is 1. The van der Waals surface area contributed by atoms with Crippen LogP contribution in [0.1, 0.15) is 65.0 Å². The van der Waals surface area contributed by atoms with Crippen molar-refractivity contribution in [1.82, 2.24) is 0 Å². The summed E-state index contributed by atoms with van der Waals surface area (Å²) < 4.78 is 11.2. The Morgan fingerprint density at radius 1 is 1.03 bits per heavy atom. The Morgan fingerprint density at radius 2 is 1.65 bits per heavy atom. The van der Waals surface area contributed by atoms with Crippen LogP contribution in [0, 0.1) is 11.3 Å². The van der Waals surface area contributed by atoms with Crippen LogP contribution in [0.4, 0.5) is 5.00 Å². The molecule has 0 unspecified atom stereocenters. The van der Waals surface area contributed by atoms with Crippen LogP contribution in [0.25, 0.3) is 0 Å². The third kappa shape index (κ3) is 3.90. The number of amides is 1. The summed E-state index contributed by atoms with van der Waals surface area (Å²) in [6.07, 6.45) is 2.74. The largest absolute Gasteiger partial charge is 0.465 e. The molecule has 5 nitrogen and oxygen atoms in total. The third-order valence-corrected chi connectivity index (χ3v) is 8.23. The van der Waals surface area contributed by atoms with Gasteiger partial charge in [-0.1, -0.05) is 57.2 Å². The molecule has 5 rings (SSSR count). The number of hydrogen-bond acceptors (Lipinski definition) is 5. The van der Waals surface area contributed by atoms with Crippen molar-refractivity contribution in [2.24, 2.45) is 11.3 Å². The first-order valence-electron chi connectivity index (χ1n) is 11.7. The first kappa shape index (κ1) is 22.7. The predicted molar refractivity (Wildman–Crippen MR) is 134 cm³/mol. The van der Waals surface area contributed by atoms with E-state index in [1.54, 1.807) is 0 Å².